The van der Waals surface area contributed by atoms with Crippen molar-refractivity contribution in [2.24, 2.45) is 4.99 Å². The lowest BCUT2D eigenvalue weighted by Crippen LogP contribution is -2.06. The molecule has 0 aliphatic carbocycles. The molecule has 0 aromatic heterocycles. The van der Waals surface area contributed by atoms with Gasteiger partial charge in [0.1, 0.15) is 5.75 Å². The van der Waals surface area contributed by atoms with Crippen LogP contribution in [0.1, 0.15) is 50.5 Å². The summed E-state index contributed by atoms with van der Waals surface area (Å²) in [5.41, 5.74) is 3.94. The summed E-state index contributed by atoms with van der Waals surface area (Å²) in [5.74, 6) is 0.157. The number of thiol groups is 1. The van der Waals surface area contributed by atoms with Crippen LogP contribution in [-0.4, -0.2) is 12.3 Å². The molecule has 7 heteroatoms. The average molecular weight is 562 g/mol. The monoisotopic (exact) mass is 561 g/mol. The van der Waals surface area contributed by atoms with Crippen LogP contribution in [-0.2, 0) is 0 Å². The fraction of sp³-hybridized carbons (Fsp3) is 0.233. The number of fused-ring (bicyclic) bond motifs is 1. The fourth-order valence-corrected chi connectivity index (χ4v) is 4.44. The molecule has 1 heterocycles. The number of halogens is 3. The molecule has 37 heavy (non-hydrogen) atoms. The molecule has 3 aromatic rings. The summed E-state index contributed by atoms with van der Waals surface area (Å²) in [7, 11) is 0. The lowest BCUT2D eigenvalue weighted by molar-refractivity contribution is -0.0498. The van der Waals surface area contributed by atoms with Gasteiger partial charge < -0.3 is 4.74 Å². The zero-order chi connectivity index (χ0) is 27.6. The zero-order valence-corrected chi connectivity index (χ0v) is 24.0. The Morgan fingerprint density at radius 3 is 2.11 bits per heavy atom. The van der Waals surface area contributed by atoms with Crippen LogP contribution in [0, 0.1) is 0 Å². The van der Waals surface area contributed by atoms with E-state index in [0.29, 0.717) is 11.4 Å². The molecule has 0 amide bonds. The first-order valence-corrected chi connectivity index (χ1v) is 13.7. The molecule has 1 atom stereocenters. The molecule has 0 saturated carbocycles. The number of para-hydroxylation sites is 1. The second-order valence-corrected chi connectivity index (χ2v) is 9.19. The van der Waals surface area contributed by atoms with Gasteiger partial charge >= 0.3 is 6.61 Å². The number of aliphatic imine (C=N–C) groups is 1. The van der Waals surface area contributed by atoms with E-state index in [-0.39, 0.29) is 11.0 Å². The highest BCUT2D eigenvalue weighted by Crippen LogP contribution is 2.45. The molecule has 0 N–H and O–H groups in total. The molecule has 3 aromatic carbocycles. The van der Waals surface area contributed by atoms with Crippen LogP contribution in [0.5, 0.6) is 5.75 Å². The molecule has 0 spiro atoms. The van der Waals surface area contributed by atoms with Crippen LogP contribution in [0.15, 0.2) is 107 Å². The van der Waals surface area contributed by atoms with E-state index in [1.54, 1.807) is 23.9 Å². The summed E-state index contributed by atoms with van der Waals surface area (Å²) in [6.07, 6.45) is 4.70. The first-order valence-electron chi connectivity index (χ1n) is 11.9. The second-order valence-electron chi connectivity index (χ2n) is 7.14. The van der Waals surface area contributed by atoms with E-state index in [1.807, 2.05) is 94.4 Å². The Morgan fingerprint density at radius 1 is 1.00 bits per heavy atom. The van der Waals surface area contributed by atoms with Gasteiger partial charge in [0, 0.05) is 27.3 Å². The molecule has 0 radical (unpaired) electrons. The topological polar surface area (TPSA) is 21.6 Å². The van der Waals surface area contributed by atoms with E-state index in [1.165, 1.54) is 5.41 Å². The standard InChI is InChI=1S/C22H16ClF2NOS.C4H8.C2H4S.C2H6/c23-16-9-5-14(6-10-16)19-13-21(28-20-4-2-1-3-18(20)26-19)15-7-11-17(12-8-15)27-22(24)25;1-3-4-2;1-2-3;1-2/h1-12,21-22H,13H2;3-4H,1-2H3;2-3H,1H2;1-2H3/b;4-3-;;. The van der Waals surface area contributed by atoms with Crippen molar-refractivity contribution in [3.63, 3.8) is 0 Å². The lowest BCUT2D eigenvalue weighted by Gasteiger charge is -2.17. The van der Waals surface area contributed by atoms with Gasteiger partial charge in [0.05, 0.1) is 5.69 Å². The van der Waals surface area contributed by atoms with Gasteiger partial charge in [-0.2, -0.15) is 21.4 Å². The van der Waals surface area contributed by atoms with Crippen molar-refractivity contribution in [1.82, 2.24) is 0 Å². The maximum absolute atomic E-state index is 12.4. The SMILES string of the molecule is C/C=C\C.C=CS.CC.FC(F)Oc1ccc(C2CC(c3ccc(Cl)cc3)=Nc3ccccc3S2)cc1. The van der Waals surface area contributed by atoms with Crippen molar-refractivity contribution in [2.75, 3.05) is 0 Å². The Hall–Kier alpha value is -2.54. The van der Waals surface area contributed by atoms with E-state index in [0.717, 1.165) is 27.4 Å². The van der Waals surface area contributed by atoms with Gasteiger partial charge in [0.25, 0.3) is 0 Å². The van der Waals surface area contributed by atoms with Crippen molar-refractivity contribution in [1.29, 1.82) is 0 Å². The summed E-state index contributed by atoms with van der Waals surface area (Å²) >= 11 is 11.3. The number of alkyl halides is 2. The van der Waals surface area contributed by atoms with Crippen LogP contribution in [0.25, 0.3) is 0 Å². The van der Waals surface area contributed by atoms with Crippen LogP contribution >= 0.6 is 36.0 Å². The number of benzene rings is 3. The molecular weight excluding hydrogens is 528 g/mol. The number of hydrogen-bond acceptors (Lipinski definition) is 4. The maximum atomic E-state index is 12.4. The highest BCUT2D eigenvalue weighted by Gasteiger charge is 2.22. The maximum Gasteiger partial charge on any atom is 0.387 e. The number of thioether (sulfide) groups is 1. The van der Waals surface area contributed by atoms with Crippen LogP contribution in [0.4, 0.5) is 14.5 Å². The molecule has 4 rings (SSSR count). The Bertz CT molecular complexity index is 1110. The van der Waals surface area contributed by atoms with Gasteiger partial charge in [0.2, 0.25) is 0 Å². The fourth-order valence-electron chi connectivity index (χ4n) is 3.09. The van der Waals surface area contributed by atoms with Crippen molar-refractivity contribution in [3.8, 4) is 5.75 Å². The number of allylic oxidation sites excluding steroid dienone is 2. The van der Waals surface area contributed by atoms with E-state index < -0.39 is 6.61 Å². The molecule has 0 saturated heterocycles. The molecule has 2 nitrogen and oxygen atoms in total. The summed E-state index contributed by atoms with van der Waals surface area (Å²) in [6.45, 7) is 8.40. The van der Waals surface area contributed by atoms with Gasteiger partial charge in [0.15, 0.2) is 0 Å². The lowest BCUT2D eigenvalue weighted by atomic mass is 10.0. The second kappa shape index (κ2) is 18.7. The third-order valence-electron chi connectivity index (χ3n) is 4.76. The van der Waals surface area contributed by atoms with Crippen LogP contribution in [0.3, 0.4) is 0 Å². The molecular formula is C30H34ClF2NOS2. The van der Waals surface area contributed by atoms with Crippen molar-refractivity contribution >= 4 is 47.4 Å². The first kappa shape index (κ1) is 32.5. The highest BCUT2D eigenvalue weighted by atomic mass is 35.5. The van der Waals surface area contributed by atoms with Crippen molar-refractivity contribution in [3.05, 3.63) is 113 Å². The van der Waals surface area contributed by atoms with E-state index in [9.17, 15) is 8.78 Å². The van der Waals surface area contributed by atoms with Gasteiger partial charge in [-0.15, -0.1) is 11.8 Å². The first-order chi connectivity index (χ1) is 17.9. The summed E-state index contributed by atoms with van der Waals surface area (Å²) in [4.78, 5) is 5.99. The minimum atomic E-state index is -2.83. The Kier molecular flexibility index (Phi) is 16.4. The molecule has 1 aliphatic rings. The smallest absolute Gasteiger partial charge is 0.387 e. The van der Waals surface area contributed by atoms with E-state index in [4.69, 9.17) is 16.6 Å². The van der Waals surface area contributed by atoms with Crippen molar-refractivity contribution < 1.29 is 13.5 Å². The number of hydrogen-bond donors (Lipinski definition) is 1. The van der Waals surface area contributed by atoms with E-state index >= 15 is 0 Å². The van der Waals surface area contributed by atoms with Gasteiger partial charge in [-0.1, -0.05) is 80.6 Å². The van der Waals surface area contributed by atoms with Crippen LogP contribution in [0.2, 0.25) is 5.02 Å². The zero-order valence-electron chi connectivity index (χ0n) is 21.6. The van der Waals surface area contributed by atoms with E-state index in [2.05, 4.69) is 30.0 Å². The Morgan fingerprint density at radius 2 is 1.57 bits per heavy atom. The summed E-state index contributed by atoms with van der Waals surface area (Å²) in [5, 5.41) is 2.22. The minimum Gasteiger partial charge on any atom is -0.435 e. The summed E-state index contributed by atoms with van der Waals surface area (Å²) < 4.78 is 29.3. The predicted octanol–water partition coefficient (Wildman–Crippen LogP) is 11.0. The van der Waals surface area contributed by atoms with Crippen LogP contribution < -0.4 is 4.74 Å². The molecule has 0 bridgehead atoms. The third kappa shape index (κ3) is 11.6. The van der Waals surface area contributed by atoms with Gasteiger partial charge in [-0.25, -0.2) is 0 Å². The Labute approximate surface area is 234 Å². The minimum absolute atomic E-state index is 0.0960. The van der Waals surface area contributed by atoms with Crippen molar-refractivity contribution in [2.45, 2.75) is 50.9 Å². The molecule has 0 fully saturated rings. The normalized spacial score (nSPS) is 13.9. The molecule has 1 aliphatic heterocycles. The highest BCUT2D eigenvalue weighted by molar-refractivity contribution is 7.99. The molecule has 198 valence electrons. The number of rotatable bonds is 4. The predicted molar refractivity (Wildman–Crippen MR) is 161 cm³/mol. The quantitative estimate of drug-likeness (QED) is 0.252. The van der Waals surface area contributed by atoms with Gasteiger partial charge in [-0.05, 0) is 66.8 Å². The number of ether oxygens (including phenoxy) is 1. The third-order valence-corrected chi connectivity index (χ3v) is 6.33. The summed E-state index contributed by atoms with van der Waals surface area (Å²) in [6, 6.07) is 22.5. The molecule has 1 unspecified atom stereocenters. The largest absolute Gasteiger partial charge is 0.435 e. The Balaban J connectivity index is 0.000000670. The van der Waals surface area contributed by atoms with Gasteiger partial charge in [-0.3, -0.25) is 4.99 Å². The number of nitrogens with zero attached hydrogens (tertiary/aromatic N) is 1. The average Bonchev–Trinajstić information content (AvgIpc) is 3.11.